The van der Waals surface area contributed by atoms with E-state index in [1.165, 1.54) is 48.7 Å². The third-order valence-electron chi connectivity index (χ3n) is 5.91. The number of benzene rings is 1. The van der Waals surface area contributed by atoms with E-state index in [0.717, 1.165) is 12.8 Å². The van der Waals surface area contributed by atoms with E-state index >= 15 is 0 Å². The molecule has 4 rings (SSSR count). The molecule has 0 fully saturated rings. The van der Waals surface area contributed by atoms with E-state index in [2.05, 4.69) is 77.1 Å². The first-order chi connectivity index (χ1) is 12.9. The van der Waals surface area contributed by atoms with Crippen molar-refractivity contribution in [3.8, 4) is 0 Å². The van der Waals surface area contributed by atoms with Gasteiger partial charge in [0.1, 0.15) is 0 Å². The second-order valence-corrected chi connectivity index (χ2v) is 8.81. The van der Waals surface area contributed by atoms with Gasteiger partial charge in [-0.1, -0.05) is 82.2 Å². The number of hydrogen-bond donors (Lipinski definition) is 0. The molecule has 1 heteroatoms. The summed E-state index contributed by atoms with van der Waals surface area (Å²) in [6.45, 7) is 15.6. The van der Waals surface area contributed by atoms with Crippen molar-refractivity contribution in [1.29, 1.82) is 0 Å². The molecule has 0 N–H and O–H groups in total. The number of fused-ring (bicyclic) bond motifs is 2. The fraction of sp³-hybridized carbons (Fsp3) is 0.385. The van der Waals surface area contributed by atoms with Crippen LogP contribution in [0.25, 0.3) is 17.7 Å². The van der Waals surface area contributed by atoms with Gasteiger partial charge >= 0.3 is 0 Å². The van der Waals surface area contributed by atoms with Gasteiger partial charge in [-0.25, -0.2) is 0 Å². The highest BCUT2D eigenvalue weighted by Gasteiger charge is 2.37. The molecule has 1 heterocycles. The molecular formula is C26H32S. The number of allylic oxidation sites excluding steroid dienone is 3. The normalized spacial score (nSPS) is 16.6. The molecule has 2 aromatic rings. The Labute approximate surface area is 169 Å². The van der Waals surface area contributed by atoms with Gasteiger partial charge in [0, 0.05) is 15.2 Å². The van der Waals surface area contributed by atoms with Crippen LogP contribution in [0.1, 0.15) is 85.5 Å². The predicted molar refractivity (Wildman–Crippen MR) is 124 cm³/mol. The third-order valence-corrected chi connectivity index (χ3v) is 7.14. The second kappa shape index (κ2) is 7.64. The van der Waals surface area contributed by atoms with Crippen LogP contribution in [-0.2, 0) is 11.8 Å². The van der Waals surface area contributed by atoms with Crippen molar-refractivity contribution in [2.75, 3.05) is 0 Å². The Bertz CT molecular complexity index is 945. The molecule has 0 nitrogen and oxygen atoms in total. The Morgan fingerprint density at radius 1 is 1.04 bits per heavy atom. The van der Waals surface area contributed by atoms with Gasteiger partial charge in [0.25, 0.3) is 0 Å². The predicted octanol–water partition coefficient (Wildman–Crippen LogP) is 8.19. The van der Waals surface area contributed by atoms with Crippen LogP contribution < -0.4 is 0 Å². The maximum Gasteiger partial charge on any atom is 0.0393 e. The van der Waals surface area contributed by atoms with Gasteiger partial charge in [0.2, 0.25) is 0 Å². The van der Waals surface area contributed by atoms with Gasteiger partial charge in [0.15, 0.2) is 0 Å². The zero-order chi connectivity index (χ0) is 19.8. The van der Waals surface area contributed by atoms with Crippen LogP contribution in [0.2, 0.25) is 0 Å². The van der Waals surface area contributed by atoms with Crippen molar-refractivity contribution in [3.05, 3.63) is 73.5 Å². The lowest BCUT2D eigenvalue weighted by molar-refractivity contribution is 0.639. The summed E-state index contributed by atoms with van der Waals surface area (Å²) in [6.07, 6.45) is 11.3. The fourth-order valence-corrected chi connectivity index (χ4v) is 5.64. The number of aryl methyl sites for hydroxylation is 1. The van der Waals surface area contributed by atoms with Gasteiger partial charge in [0.05, 0.1) is 0 Å². The molecule has 0 saturated carbocycles. The first kappa shape index (κ1) is 19.9. The zero-order valence-corrected chi connectivity index (χ0v) is 18.7. The van der Waals surface area contributed by atoms with Crippen LogP contribution in [0.4, 0.5) is 0 Å². The van der Waals surface area contributed by atoms with Crippen LogP contribution >= 0.6 is 11.3 Å². The highest BCUT2D eigenvalue weighted by molar-refractivity contribution is 7.14. The molecule has 0 bridgehead atoms. The van der Waals surface area contributed by atoms with E-state index in [9.17, 15) is 0 Å². The van der Waals surface area contributed by atoms with Crippen molar-refractivity contribution in [2.45, 2.75) is 66.7 Å². The van der Waals surface area contributed by atoms with E-state index in [1.54, 1.807) is 0 Å². The standard InChI is InChI=1S/C24H26S.C2H6/c1-6-17-18-10-8-7-9-11-21(18)25-23(17)22-16(3)24(4,5)20-13-12-15(2)14-19(20)22;1-2/h8-14H,6-7H2,1-5H3;1-2H3. The molecule has 2 aliphatic carbocycles. The monoisotopic (exact) mass is 376 g/mol. The maximum absolute atomic E-state index is 2.39. The Balaban J connectivity index is 0.00000102. The molecule has 27 heavy (non-hydrogen) atoms. The molecule has 0 aliphatic heterocycles. The SMILES string of the molecule is CC.CCc1c(C2=C(C)C(C)(C)c3ccc(C)cc32)sc2c1C=CCC=C2. The molecule has 1 aromatic heterocycles. The molecule has 0 saturated heterocycles. The maximum atomic E-state index is 2.39. The third kappa shape index (κ3) is 3.17. The summed E-state index contributed by atoms with van der Waals surface area (Å²) in [4.78, 5) is 2.90. The Kier molecular flexibility index (Phi) is 5.63. The molecule has 0 atom stereocenters. The van der Waals surface area contributed by atoms with Crippen molar-refractivity contribution in [2.24, 2.45) is 0 Å². The summed E-state index contributed by atoms with van der Waals surface area (Å²) in [5.74, 6) is 0. The number of thiophene rings is 1. The number of rotatable bonds is 2. The Hall–Kier alpha value is -1.86. The summed E-state index contributed by atoms with van der Waals surface area (Å²) in [7, 11) is 0. The molecule has 0 unspecified atom stereocenters. The van der Waals surface area contributed by atoms with Gasteiger partial charge < -0.3 is 0 Å². The first-order valence-electron chi connectivity index (χ1n) is 10.3. The smallest absolute Gasteiger partial charge is 0.0393 e. The van der Waals surface area contributed by atoms with Crippen LogP contribution in [0.3, 0.4) is 0 Å². The molecule has 1 aromatic carbocycles. The highest BCUT2D eigenvalue weighted by atomic mass is 32.1. The lowest BCUT2D eigenvalue weighted by Gasteiger charge is -2.22. The summed E-state index contributed by atoms with van der Waals surface area (Å²) >= 11 is 1.98. The van der Waals surface area contributed by atoms with Crippen LogP contribution in [-0.4, -0.2) is 0 Å². The van der Waals surface area contributed by atoms with Gasteiger partial charge in [-0.05, 0) is 60.6 Å². The average molecular weight is 377 g/mol. The van der Waals surface area contributed by atoms with E-state index < -0.39 is 0 Å². The molecule has 0 radical (unpaired) electrons. The number of hydrogen-bond acceptors (Lipinski definition) is 1. The van der Waals surface area contributed by atoms with Gasteiger partial charge in [-0.15, -0.1) is 11.3 Å². The van der Waals surface area contributed by atoms with E-state index in [1.807, 2.05) is 25.2 Å². The lowest BCUT2D eigenvalue weighted by Crippen LogP contribution is -2.15. The van der Waals surface area contributed by atoms with E-state index in [4.69, 9.17) is 0 Å². The van der Waals surface area contributed by atoms with Crippen molar-refractivity contribution < 1.29 is 0 Å². The summed E-state index contributed by atoms with van der Waals surface area (Å²) < 4.78 is 0. The molecule has 142 valence electrons. The molecule has 0 spiro atoms. The first-order valence-corrected chi connectivity index (χ1v) is 11.1. The molecule has 0 amide bonds. The fourth-order valence-electron chi connectivity index (χ4n) is 4.22. The highest BCUT2D eigenvalue weighted by Crippen LogP contribution is 2.51. The Morgan fingerprint density at radius 2 is 1.74 bits per heavy atom. The minimum atomic E-state index is 0.108. The molecule has 2 aliphatic rings. The summed E-state index contributed by atoms with van der Waals surface area (Å²) in [6, 6.07) is 6.98. The topological polar surface area (TPSA) is 0 Å². The molecular weight excluding hydrogens is 344 g/mol. The van der Waals surface area contributed by atoms with Gasteiger partial charge in [-0.3, -0.25) is 0 Å². The quantitative estimate of drug-likeness (QED) is 0.495. The van der Waals surface area contributed by atoms with Crippen LogP contribution in [0, 0.1) is 6.92 Å². The lowest BCUT2D eigenvalue weighted by atomic mass is 9.82. The minimum Gasteiger partial charge on any atom is -0.135 e. The van der Waals surface area contributed by atoms with Crippen LogP contribution in [0.5, 0.6) is 0 Å². The summed E-state index contributed by atoms with van der Waals surface area (Å²) in [5.41, 5.74) is 10.3. The second-order valence-electron chi connectivity index (χ2n) is 7.76. The Morgan fingerprint density at radius 3 is 2.44 bits per heavy atom. The van der Waals surface area contributed by atoms with E-state index in [-0.39, 0.29) is 5.41 Å². The zero-order valence-electron chi connectivity index (χ0n) is 17.9. The van der Waals surface area contributed by atoms with Crippen molar-refractivity contribution in [3.63, 3.8) is 0 Å². The summed E-state index contributed by atoms with van der Waals surface area (Å²) in [5, 5.41) is 0. The minimum absolute atomic E-state index is 0.108. The average Bonchev–Trinajstić information content (AvgIpc) is 2.95. The van der Waals surface area contributed by atoms with Crippen LogP contribution in [0.15, 0.2) is 35.9 Å². The largest absolute Gasteiger partial charge is 0.135 e. The van der Waals surface area contributed by atoms with Gasteiger partial charge in [-0.2, -0.15) is 0 Å². The van der Waals surface area contributed by atoms with Crippen molar-refractivity contribution >= 4 is 29.1 Å². The van der Waals surface area contributed by atoms with E-state index in [0.29, 0.717) is 0 Å². The van der Waals surface area contributed by atoms with Crippen molar-refractivity contribution in [1.82, 2.24) is 0 Å².